The Morgan fingerprint density at radius 1 is 1.62 bits per heavy atom. The summed E-state index contributed by atoms with van der Waals surface area (Å²) < 4.78 is 0.757. The van der Waals surface area contributed by atoms with Gasteiger partial charge in [-0.1, -0.05) is 0 Å². The summed E-state index contributed by atoms with van der Waals surface area (Å²) in [5.74, 6) is 0. The van der Waals surface area contributed by atoms with Crippen LogP contribution in [-0.4, -0.2) is 22.7 Å². The molecule has 0 aliphatic carbocycles. The van der Waals surface area contributed by atoms with Gasteiger partial charge in [0.25, 0.3) is 0 Å². The molecule has 1 rings (SSSR count). The Morgan fingerprint density at radius 3 is 2.75 bits per heavy atom. The van der Waals surface area contributed by atoms with E-state index in [1.807, 2.05) is 0 Å². The molecule has 1 N–H and O–H groups in total. The van der Waals surface area contributed by atoms with Crippen LogP contribution in [0.25, 0.3) is 0 Å². The monoisotopic (exact) mass is 101 g/mol. The van der Waals surface area contributed by atoms with Gasteiger partial charge in [0.05, 0.1) is 0 Å². The van der Waals surface area contributed by atoms with Gasteiger partial charge in [0.2, 0.25) is 0 Å². The Balaban J connectivity index is 3.35. The maximum atomic E-state index is 10.6. The summed E-state index contributed by atoms with van der Waals surface area (Å²) in [4.78, 5) is 13.1. The quantitative estimate of drug-likeness (QED) is 0.425. The summed E-state index contributed by atoms with van der Waals surface area (Å²) in [6.07, 6.45) is 1.62. The van der Waals surface area contributed by atoms with Crippen molar-refractivity contribution in [3.8, 4) is 0 Å². The third-order valence-electron chi connectivity index (χ3n) is 1.02. The van der Waals surface area contributed by atoms with Crippen LogP contribution in [0.5, 0.6) is 0 Å². The second kappa shape index (κ2) is 2.21. The molecule has 1 heterocycles. The van der Waals surface area contributed by atoms with E-state index in [-0.39, 0.29) is 5.56 Å². The first kappa shape index (κ1) is 5.68. The molecule has 0 spiro atoms. The van der Waals surface area contributed by atoms with Crippen LogP contribution in [0.15, 0.2) is 23.1 Å². The van der Waals surface area contributed by atoms with E-state index < -0.39 is 0 Å². The van der Waals surface area contributed by atoms with Crippen molar-refractivity contribution in [2.45, 2.75) is 0 Å². The van der Waals surface area contributed by atoms with Crippen LogP contribution in [-0.2, 0) is 0 Å². The zero-order valence-electron chi connectivity index (χ0n) is 4.64. The van der Waals surface area contributed by atoms with Gasteiger partial charge < -0.3 is 0 Å². The standard InChI is InChI=1S/C5H4NO.Li/c7-5-3-1-2-4-6-5;/h1-2,4H,(H,6,7);. The molecule has 3 heteroatoms. The van der Waals surface area contributed by atoms with Gasteiger partial charge in [-0.05, 0) is 0 Å². The van der Waals surface area contributed by atoms with E-state index in [2.05, 4.69) is 4.98 Å². The van der Waals surface area contributed by atoms with Gasteiger partial charge in [-0.25, -0.2) is 0 Å². The van der Waals surface area contributed by atoms with Crippen LogP contribution >= 0.6 is 0 Å². The van der Waals surface area contributed by atoms with Gasteiger partial charge >= 0.3 is 55.6 Å². The third-order valence-corrected chi connectivity index (χ3v) is 1.02. The van der Waals surface area contributed by atoms with Crippen molar-refractivity contribution in [3.63, 3.8) is 0 Å². The summed E-state index contributed by atoms with van der Waals surface area (Å²) >= 11 is 1.78. The number of pyridine rings is 1. The number of rotatable bonds is 0. The molecule has 0 fully saturated rings. The second-order valence-corrected chi connectivity index (χ2v) is 1.68. The number of aromatic amines is 1. The maximum absolute atomic E-state index is 10.6. The molecular formula is C5H4LiNO. The third kappa shape index (κ3) is 1.03. The summed E-state index contributed by atoms with van der Waals surface area (Å²) in [5, 5.41) is 0. The first-order valence-electron chi connectivity index (χ1n) is 2.45. The van der Waals surface area contributed by atoms with Gasteiger partial charge in [0, 0.05) is 0 Å². The SMILES string of the molecule is [Li][c]1ccc[nH]c1=O. The van der Waals surface area contributed by atoms with Gasteiger partial charge in [-0.15, -0.1) is 0 Å². The Bertz CT molecular complexity index is 230. The molecule has 1 aromatic heterocycles. The molecule has 36 valence electrons. The topological polar surface area (TPSA) is 32.9 Å². The Kier molecular flexibility index (Phi) is 1.57. The molecule has 1 aromatic rings. The number of H-pyrrole nitrogens is 1. The Labute approximate surface area is 56.1 Å². The van der Waals surface area contributed by atoms with E-state index in [0.29, 0.717) is 0 Å². The summed E-state index contributed by atoms with van der Waals surface area (Å²) in [6, 6.07) is 3.58. The molecular weight excluding hydrogens is 97.0 g/mol. The molecule has 0 bridgehead atoms. The van der Waals surface area contributed by atoms with E-state index in [9.17, 15) is 4.79 Å². The van der Waals surface area contributed by atoms with E-state index >= 15 is 0 Å². The zero-order valence-corrected chi connectivity index (χ0v) is 4.64. The molecule has 2 nitrogen and oxygen atoms in total. The molecule has 0 atom stereocenters. The molecule has 0 saturated heterocycles. The molecule has 0 aliphatic heterocycles. The van der Waals surface area contributed by atoms with Gasteiger partial charge in [-0.3, -0.25) is 0 Å². The fraction of sp³-hybridized carbons (Fsp3) is 0. The second-order valence-electron chi connectivity index (χ2n) is 1.68. The van der Waals surface area contributed by atoms with E-state index in [1.165, 1.54) is 0 Å². The summed E-state index contributed by atoms with van der Waals surface area (Å²) in [6.45, 7) is 0. The van der Waals surface area contributed by atoms with Crippen molar-refractivity contribution >= 4 is 22.0 Å². The molecule has 0 aliphatic rings. The molecule has 0 unspecified atom stereocenters. The van der Waals surface area contributed by atoms with E-state index in [0.717, 1.165) is 4.24 Å². The summed E-state index contributed by atoms with van der Waals surface area (Å²) in [7, 11) is 0. The minimum absolute atomic E-state index is 0.00694. The van der Waals surface area contributed by atoms with Gasteiger partial charge in [0.15, 0.2) is 0 Å². The molecule has 0 amide bonds. The van der Waals surface area contributed by atoms with Crippen molar-refractivity contribution in [1.29, 1.82) is 0 Å². The zero-order chi connectivity index (χ0) is 5.98. The Morgan fingerprint density at radius 2 is 2.38 bits per heavy atom. The Hall–Kier alpha value is -0.453. The average Bonchev–Trinajstić information content (AvgIpc) is 1.77. The number of nitrogens with one attached hydrogen (secondary N) is 1. The predicted octanol–water partition coefficient (Wildman–Crippen LogP) is -0.831. The van der Waals surface area contributed by atoms with Crippen LogP contribution in [0.3, 0.4) is 0 Å². The van der Waals surface area contributed by atoms with Crippen molar-refractivity contribution in [1.82, 2.24) is 4.98 Å². The van der Waals surface area contributed by atoms with Gasteiger partial charge in [-0.2, -0.15) is 0 Å². The van der Waals surface area contributed by atoms with Crippen LogP contribution in [0.2, 0.25) is 0 Å². The normalized spacial score (nSPS) is 9.25. The van der Waals surface area contributed by atoms with E-state index in [4.69, 9.17) is 0 Å². The summed E-state index contributed by atoms with van der Waals surface area (Å²) in [5.41, 5.74) is -0.00694. The van der Waals surface area contributed by atoms with Gasteiger partial charge in [0.1, 0.15) is 0 Å². The number of aromatic nitrogens is 1. The predicted molar refractivity (Wildman–Crippen MR) is 32.5 cm³/mol. The van der Waals surface area contributed by atoms with Crippen molar-refractivity contribution in [3.05, 3.63) is 28.7 Å². The van der Waals surface area contributed by atoms with E-state index in [1.54, 1.807) is 36.0 Å². The van der Waals surface area contributed by atoms with Crippen molar-refractivity contribution in [2.24, 2.45) is 0 Å². The van der Waals surface area contributed by atoms with Crippen LogP contribution in [0, 0.1) is 0 Å². The first-order valence-corrected chi connectivity index (χ1v) is 2.45. The van der Waals surface area contributed by atoms with Crippen LogP contribution < -0.4 is 9.80 Å². The first-order chi connectivity index (χ1) is 3.80. The van der Waals surface area contributed by atoms with Crippen molar-refractivity contribution < 1.29 is 0 Å². The molecule has 0 saturated carbocycles. The number of hydrogen-bond acceptors (Lipinski definition) is 1. The number of hydrogen-bond donors (Lipinski definition) is 1. The fourth-order valence-corrected chi connectivity index (χ4v) is 0.506. The molecule has 0 aromatic carbocycles. The molecule has 8 heavy (non-hydrogen) atoms. The molecule has 0 radical (unpaired) electrons. The van der Waals surface area contributed by atoms with Crippen LogP contribution in [0.1, 0.15) is 0 Å². The van der Waals surface area contributed by atoms with Crippen LogP contribution in [0.4, 0.5) is 0 Å². The average molecular weight is 101 g/mol. The fourth-order valence-electron chi connectivity index (χ4n) is 0.506. The minimum atomic E-state index is -0.00694. The van der Waals surface area contributed by atoms with Crippen molar-refractivity contribution in [2.75, 3.05) is 0 Å².